The Hall–Kier alpha value is -2.81. The van der Waals surface area contributed by atoms with Crippen LogP contribution in [0, 0.1) is 5.21 Å². The average molecular weight is 381 g/mol. The highest BCUT2D eigenvalue weighted by atomic mass is 19.4. The molecule has 9 heteroatoms. The molecule has 1 aromatic heterocycles. The molecule has 0 bridgehead atoms. The van der Waals surface area contributed by atoms with Crippen LogP contribution < -0.4 is 14.9 Å². The molecule has 1 N–H and O–H groups in total. The number of halogens is 3. The number of pyridine rings is 1. The van der Waals surface area contributed by atoms with Gasteiger partial charge in [0, 0.05) is 37.5 Å². The minimum Gasteiger partial charge on any atom is -0.618 e. The first-order valence-electron chi connectivity index (χ1n) is 8.35. The smallest absolute Gasteiger partial charge is 0.416 e. The van der Waals surface area contributed by atoms with Crippen molar-refractivity contribution >= 4 is 11.6 Å². The lowest BCUT2D eigenvalue weighted by molar-refractivity contribution is -0.607. The summed E-state index contributed by atoms with van der Waals surface area (Å²) in [4.78, 5) is 13.9. The molecule has 6 nitrogen and oxygen atoms in total. The average Bonchev–Trinajstić information content (AvgIpc) is 2.66. The third-order valence-corrected chi connectivity index (χ3v) is 4.27. The van der Waals surface area contributed by atoms with Gasteiger partial charge in [-0.1, -0.05) is 6.07 Å². The standard InChI is InChI=1S/C18H18F3N3O3/c19-18(20,21)15-11-14(23-7-9-27-10-8-23)5-4-13(15)12-22-17(25)16-3-1-2-6-24(16)26/h1-6,11H,7-10,12H2,(H,22,25). The molecule has 0 aliphatic carbocycles. The summed E-state index contributed by atoms with van der Waals surface area (Å²) in [6.07, 6.45) is -3.42. The van der Waals surface area contributed by atoms with E-state index in [1.165, 1.54) is 24.3 Å². The molecule has 0 radical (unpaired) electrons. The molecule has 1 aliphatic heterocycles. The van der Waals surface area contributed by atoms with Crippen molar-refractivity contribution in [3.8, 4) is 0 Å². The predicted molar refractivity (Wildman–Crippen MR) is 91.0 cm³/mol. The van der Waals surface area contributed by atoms with Gasteiger partial charge in [-0.2, -0.15) is 17.9 Å². The first-order chi connectivity index (χ1) is 12.9. The number of anilines is 1. The molecule has 1 saturated heterocycles. The van der Waals surface area contributed by atoms with Crippen LogP contribution >= 0.6 is 0 Å². The molecule has 2 heterocycles. The van der Waals surface area contributed by atoms with Gasteiger partial charge in [-0.3, -0.25) is 4.79 Å². The minimum atomic E-state index is -4.56. The van der Waals surface area contributed by atoms with E-state index in [2.05, 4.69) is 5.32 Å². The van der Waals surface area contributed by atoms with E-state index in [1.54, 1.807) is 6.07 Å². The van der Waals surface area contributed by atoms with E-state index in [4.69, 9.17) is 4.74 Å². The Bertz CT molecular complexity index is 821. The maximum absolute atomic E-state index is 13.5. The summed E-state index contributed by atoms with van der Waals surface area (Å²) in [5.74, 6) is -0.740. The number of nitrogens with zero attached hydrogens (tertiary/aromatic N) is 2. The Morgan fingerprint density at radius 2 is 1.96 bits per heavy atom. The van der Waals surface area contributed by atoms with Crippen molar-refractivity contribution < 1.29 is 27.4 Å². The van der Waals surface area contributed by atoms with Crippen LogP contribution in [0.1, 0.15) is 21.6 Å². The summed E-state index contributed by atoms with van der Waals surface area (Å²) in [6.45, 7) is 1.62. The van der Waals surface area contributed by atoms with Crippen LogP contribution in [0.25, 0.3) is 0 Å². The number of carbonyl (C=O) groups excluding carboxylic acids is 1. The Morgan fingerprint density at radius 1 is 1.22 bits per heavy atom. The van der Waals surface area contributed by atoms with Gasteiger partial charge in [-0.05, 0) is 23.8 Å². The van der Waals surface area contributed by atoms with Gasteiger partial charge in [0.15, 0.2) is 6.20 Å². The maximum atomic E-state index is 13.5. The highest BCUT2D eigenvalue weighted by Gasteiger charge is 2.34. The van der Waals surface area contributed by atoms with E-state index < -0.39 is 17.6 Å². The molecule has 1 aliphatic rings. The van der Waals surface area contributed by atoms with Crippen LogP contribution in [0.3, 0.4) is 0 Å². The van der Waals surface area contributed by atoms with Gasteiger partial charge in [0.2, 0.25) is 0 Å². The van der Waals surface area contributed by atoms with Gasteiger partial charge >= 0.3 is 12.1 Å². The summed E-state index contributed by atoms with van der Waals surface area (Å²) in [5, 5.41) is 14.0. The molecule has 1 fully saturated rings. The monoisotopic (exact) mass is 381 g/mol. The zero-order valence-corrected chi connectivity index (χ0v) is 14.3. The Morgan fingerprint density at radius 3 is 2.63 bits per heavy atom. The third kappa shape index (κ3) is 4.48. The van der Waals surface area contributed by atoms with Crippen molar-refractivity contribution in [1.82, 2.24) is 5.32 Å². The molecule has 1 amide bonds. The van der Waals surface area contributed by atoms with Crippen LogP contribution in [-0.4, -0.2) is 32.2 Å². The summed E-state index contributed by atoms with van der Waals surface area (Å²) in [7, 11) is 0. The van der Waals surface area contributed by atoms with Gasteiger partial charge < -0.3 is 20.2 Å². The van der Waals surface area contributed by atoms with Crippen LogP contribution in [-0.2, 0) is 17.5 Å². The second-order valence-corrected chi connectivity index (χ2v) is 6.03. The quantitative estimate of drug-likeness (QED) is 0.651. The highest BCUT2D eigenvalue weighted by Crippen LogP contribution is 2.35. The van der Waals surface area contributed by atoms with Crippen LogP contribution in [0.15, 0.2) is 42.6 Å². The van der Waals surface area contributed by atoms with E-state index in [1.807, 2.05) is 4.90 Å². The molecule has 0 atom stereocenters. The summed E-state index contributed by atoms with van der Waals surface area (Å²) in [5.41, 5.74) is -0.603. The fourth-order valence-corrected chi connectivity index (χ4v) is 2.87. The zero-order chi connectivity index (χ0) is 19.4. The second-order valence-electron chi connectivity index (χ2n) is 6.03. The second kappa shape index (κ2) is 7.83. The number of aromatic nitrogens is 1. The van der Waals surface area contributed by atoms with Gasteiger partial charge in [0.25, 0.3) is 5.69 Å². The summed E-state index contributed by atoms with van der Waals surface area (Å²) in [6, 6.07) is 8.29. The lowest BCUT2D eigenvalue weighted by Gasteiger charge is -2.29. The Labute approximate surface area is 153 Å². The molecule has 0 spiro atoms. The van der Waals surface area contributed by atoms with Crippen molar-refractivity contribution in [3.05, 3.63) is 64.6 Å². The SMILES string of the molecule is O=C(NCc1ccc(N2CCOCC2)cc1C(F)(F)F)c1cccc[n+]1[O-]. The van der Waals surface area contributed by atoms with Crippen molar-refractivity contribution in [2.24, 2.45) is 0 Å². The van der Waals surface area contributed by atoms with Gasteiger partial charge in [0.05, 0.1) is 18.8 Å². The topological polar surface area (TPSA) is 68.5 Å². The van der Waals surface area contributed by atoms with Crippen LogP contribution in [0.2, 0.25) is 0 Å². The van der Waals surface area contributed by atoms with Crippen molar-refractivity contribution in [2.45, 2.75) is 12.7 Å². The predicted octanol–water partition coefficient (Wildman–Crippen LogP) is 2.11. The number of carbonyl (C=O) groups is 1. The molecular weight excluding hydrogens is 363 g/mol. The number of hydrogen-bond acceptors (Lipinski definition) is 4. The first-order valence-corrected chi connectivity index (χ1v) is 8.35. The van der Waals surface area contributed by atoms with E-state index in [0.717, 1.165) is 12.3 Å². The number of hydrogen-bond donors (Lipinski definition) is 1. The lowest BCUT2D eigenvalue weighted by Crippen LogP contribution is -2.39. The molecule has 2 aromatic rings. The zero-order valence-electron chi connectivity index (χ0n) is 14.3. The number of nitrogens with one attached hydrogen (secondary N) is 1. The van der Waals surface area contributed by atoms with Gasteiger partial charge in [-0.15, -0.1) is 0 Å². The number of alkyl halides is 3. The number of ether oxygens (including phenoxy) is 1. The van der Waals surface area contributed by atoms with Crippen LogP contribution in [0.5, 0.6) is 0 Å². The minimum absolute atomic E-state index is 0.0683. The van der Waals surface area contributed by atoms with Gasteiger partial charge in [0.1, 0.15) is 0 Å². The molecule has 0 saturated carbocycles. The molecule has 1 aromatic carbocycles. The summed E-state index contributed by atoms with van der Waals surface area (Å²) < 4.78 is 46.1. The Balaban J connectivity index is 1.80. The lowest BCUT2D eigenvalue weighted by atomic mass is 10.0. The van der Waals surface area contributed by atoms with Crippen LogP contribution in [0.4, 0.5) is 18.9 Å². The van der Waals surface area contributed by atoms with Crippen molar-refractivity contribution in [2.75, 3.05) is 31.2 Å². The van der Waals surface area contributed by atoms with Crippen molar-refractivity contribution in [3.63, 3.8) is 0 Å². The number of amides is 1. The molecule has 144 valence electrons. The van der Waals surface area contributed by atoms with E-state index >= 15 is 0 Å². The number of benzene rings is 1. The van der Waals surface area contributed by atoms with Crippen molar-refractivity contribution in [1.29, 1.82) is 0 Å². The fourth-order valence-electron chi connectivity index (χ4n) is 2.87. The molecule has 3 rings (SSSR count). The highest BCUT2D eigenvalue weighted by molar-refractivity contribution is 5.90. The number of morpholine rings is 1. The molecular formula is C18H18F3N3O3. The maximum Gasteiger partial charge on any atom is 0.416 e. The van der Waals surface area contributed by atoms with E-state index in [-0.39, 0.29) is 17.8 Å². The fraction of sp³-hybridized carbons (Fsp3) is 0.333. The first kappa shape index (κ1) is 19.0. The summed E-state index contributed by atoms with van der Waals surface area (Å²) >= 11 is 0. The van der Waals surface area contributed by atoms with E-state index in [0.29, 0.717) is 36.7 Å². The van der Waals surface area contributed by atoms with E-state index in [9.17, 15) is 23.2 Å². The number of rotatable bonds is 4. The van der Waals surface area contributed by atoms with Gasteiger partial charge in [-0.25, -0.2) is 0 Å². The largest absolute Gasteiger partial charge is 0.618 e. The molecule has 27 heavy (non-hydrogen) atoms. The normalized spacial score (nSPS) is 14.9. The Kier molecular flexibility index (Phi) is 5.50. The molecule has 0 unspecified atom stereocenters. The third-order valence-electron chi connectivity index (χ3n) is 4.27.